The molecule has 0 atom stereocenters. The molecule has 1 saturated carbocycles. The fourth-order valence-electron chi connectivity index (χ4n) is 3.10. The number of H-pyrrole nitrogens is 1. The summed E-state index contributed by atoms with van der Waals surface area (Å²) >= 11 is 0. The Labute approximate surface area is 133 Å². The van der Waals surface area contributed by atoms with Gasteiger partial charge in [-0.05, 0) is 43.2 Å². The smallest absolute Gasteiger partial charge is 0.144 e. The second kappa shape index (κ2) is 4.78. The molecule has 0 radical (unpaired) electrons. The normalized spacial score (nSPS) is 14.4. The van der Waals surface area contributed by atoms with Gasteiger partial charge in [-0.15, -0.1) is 0 Å². The van der Waals surface area contributed by atoms with Gasteiger partial charge >= 0.3 is 0 Å². The number of nitrogens with one attached hydrogen (secondary N) is 1. The van der Waals surface area contributed by atoms with Gasteiger partial charge in [-0.2, -0.15) is 5.10 Å². The Morgan fingerprint density at radius 2 is 1.96 bits per heavy atom. The van der Waals surface area contributed by atoms with Crippen LogP contribution in [0.15, 0.2) is 55.0 Å². The zero-order valence-electron chi connectivity index (χ0n) is 12.5. The Morgan fingerprint density at radius 1 is 1.04 bits per heavy atom. The molecule has 23 heavy (non-hydrogen) atoms. The summed E-state index contributed by atoms with van der Waals surface area (Å²) in [6.45, 7) is 0. The molecule has 0 unspecified atom stereocenters. The second-order valence-corrected chi connectivity index (χ2v) is 5.96. The summed E-state index contributed by atoms with van der Waals surface area (Å²) in [5.74, 6) is 0.987. The SMILES string of the molecule is c1ccc2c(N(c3ccc4[nH]ncc4c3)C3CC3)ncnc2c1. The molecule has 4 aromatic rings. The van der Waals surface area contributed by atoms with Gasteiger partial charge in [-0.25, -0.2) is 9.97 Å². The van der Waals surface area contributed by atoms with E-state index in [1.165, 1.54) is 12.8 Å². The summed E-state index contributed by atoms with van der Waals surface area (Å²) < 4.78 is 0. The third-order valence-corrected chi connectivity index (χ3v) is 4.36. The quantitative estimate of drug-likeness (QED) is 0.625. The van der Waals surface area contributed by atoms with Crippen LogP contribution in [-0.4, -0.2) is 26.2 Å². The zero-order valence-corrected chi connectivity index (χ0v) is 12.5. The lowest BCUT2D eigenvalue weighted by molar-refractivity contribution is 0.945. The maximum atomic E-state index is 4.60. The molecule has 1 N–H and O–H groups in total. The molecule has 112 valence electrons. The van der Waals surface area contributed by atoms with Crippen LogP contribution in [0.2, 0.25) is 0 Å². The van der Waals surface area contributed by atoms with Crippen LogP contribution in [0.3, 0.4) is 0 Å². The van der Waals surface area contributed by atoms with E-state index in [1.807, 2.05) is 24.4 Å². The van der Waals surface area contributed by atoms with Crippen LogP contribution in [0.4, 0.5) is 11.5 Å². The molecule has 5 rings (SSSR count). The molecular weight excluding hydrogens is 286 g/mol. The number of anilines is 2. The topological polar surface area (TPSA) is 57.7 Å². The predicted molar refractivity (Wildman–Crippen MR) is 90.8 cm³/mol. The van der Waals surface area contributed by atoms with Crippen LogP contribution in [0.1, 0.15) is 12.8 Å². The van der Waals surface area contributed by atoms with Crippen molar-refractivity contribution >= 4 is 33.3 Å². The lowest BCUT2D eigenvalue weighted by atomic mass is 10.2. The highest BCUT2D eigenvalue weighted by Gasteiger charge is 2.32. The Balaban J connectivity index is 1.72. The number of benzene rings is 2. The molecule has 1 aliphatic rings. The van der Waals surface area contributed by atoms with Gasteiger partial charge in [0.25, 0.3) is 0 Å². The van der Waals surface area contributed by atoms with Gasteiger partial charge in [0.15, 0.2) is 0 Å². The molecule has 0 spiro atoms. The average molecular weight is 301 g/mol. The van der Waals surface area contributed by atoms with Gasteiger partial charge in [0.1, 0.15) is 12.1 Å². The van der Waals surface area contributed by atoms with Crippen molar-refractivity contribution in [2.24, 2.45) is 0 Å². The van der Waals surface area contributed by atoms with Gasteiger partial charge in [-0.1, -0.05) is 12.1 Å². The second-order valence-electron chi connectivity index (χ2n) is 5.96. The minimum atomic E-state index is 0.512. The molecule has 2 aromatic heterocycles. The van der Waals surface area contributed by atoms with E-state index >= 15 is 0 Å². The molecule has 2 heterocycles. The zero-order chi connectivity index (χ0) is 15.2. The van der Waals surface area contributed by atoms with Gasteiger partial charge in [0, 0.05) is 22.5 Å². The first kappa shape index (κ1) is 12.6. The number of fused-ring (bicyclic) bond motifs is 2. The third kappa shape index (κ3) is 2.04. The van der Waals surface area contributed by atoms with E-state index in [4.69, 9.17) is 0 Å². The standard InChI is InChI=1S/C18H15N5/c1-2-4-17-15(3-1)18(20-11-19-17)23(13-5-6-13)14-7-8-16-12(9-14)10-21-22-16/h1-4,7-11,13H,5-6H2,(H,21,22). The van der Waals surface area contributed by atoms with Crippen molar-refractivity contribution in [3.8, 4) is 0 Å². The minimum Gasteiger partial charge on any atom is -0.323 e. The van der Waals surface area contributed by atoms with Crippen LogP contribution >= 0.6 is 0 Å². The third-order valence-electron chi connectivity index (χ3n) is 4.36. The van der Waals surface area contributed by atoms with Crippen LogP contribution < -0.4 is 4.90 Å². The number of para-hydroxylation sites is 1. The molecule has 0 aliphatic heterocycles. The highest BCUT2D eigenvalue weighted by Crippen LogP contribution is 2.40. The first-order chi connectivity index (χ1) is 11.4. The van der Waals surface area contributed by atoms with Gasteiger partial charge < -0.3 is 4.90 Å². The maximum absolute atomic E-state index is 4.60. The lowest BCUT2D eigenvalue weighted by Gasteiger charge is -2.24. The summed E-state index contributed by atoms with van der Waals surface area (Å²) in [5, 5.41) is 9.33. The first-order valence-electron chi connectivity index (χ1n) is 7.82. The monoisotopic (exact) mass is 301 g/mol. The lowest BCUT2D eigenvalue weighted by Crippen LogP contribution is -2.21. The molecule has 1 fully saturated rings. The fourth-order valence-corrected chi connectivity index (χ4v) is 3.10. The van der Waals surface area contributed by atoms with E-state index < -0.39 is 0 Å². The highest BCUT2D eigenvalue weighted by atomic mass is 15.2. The number of rotatable bonds is 3. The number of nitrogens with zero attached hydrogens (tertiary/aromatic N) is 4. The highest BCUT2D eigenvalue weighted by molar-refractivity contribution is 5.93. The van der Waals surface area contributed by atoms with E-state index in [0.29, 0.717) is 6.04 Å². The molecule has 0 amide bonds. The Hall–Kier alpha value is -2.95. The van der Waals surface area contributed by atoms with Gasteiger partial charge in [0.05, 0.1) is 17.2 Å². The van der Waals surface area contributed by atoms with Crippen molar-refractivity contribution in [3.05, 3.63) is 55.0 Å². The van der Waals surface area contributed by atoms with E-state index in [-0.39, 0.29) is 0 Å². The molecule has 1 aliphatic carbocycles. The summed E-state index contributed by atoms with van der Waals surface area (Å²) in [6.07, 6.45) is 5.91. The number of aromatic nitrogens is 4. The van der Waals surface area contributed by atoms with Gasteiger partial charge in [0.2, 0.25) is 0 Å². The summed E-state index contributed by atoms with van der Waals surface area (Å²) in [6, 6.07) is 15.1. The first-order valence-corrected chi connectivity index (χ1v) is 7.82. The van der Waals surface area contributed by atoms with Crippen molar-refractivity contribution in [1.29, 1.82) is 0 Å². The average Bonchev–Trinajstić information content (AvgIpc) is 3.31. The molecule has 5 nitrogen and oxygen atoms in total. The number of hydrogen-bond acceptors (Lipinski definition) is 4. The fraction of sp³-hybridized carbons (Fsp3) is 0.167. The largest absolute Gasteiger partial charge is 0.323 e. The van der Waals surface area contributed by atoms with E-state index in [2.05, 4.69) is 49.3 Å². The maximum Gasteiger partial charge on any atom is 0.144 e. The van der Waals surface area contributed by atoms with Crippen LogP contribution in [0.5, 0.6) is 0 Å². The van der Waals surface area contributed by atoms with E-state index in [1.54, 1.807) is 6.33 Å². The molecule has 5 heteroatoms. The Morgan fingerprint density at radius 3 is 2.87 bits per heavy atom. The summed E-state index contributed by atoms with van der Waals surface area (Å²) in [7, 11) is 0. The van der Waals surface area contributed by atoms with Crippen molar-refractivity contribution < 1.29 is 0 Å². The van der Waals surface area contributed by atoms with Gasteiger partial charge in [-0.3, -0.25) is 5.10 Å². The number of aromatic amines is 1. The van der Waals surface area contributed by atoms with Crippen LogP contribution in [0, 0.1) is 0 Å². The van der Waals surface area contributed by atoms with Crippen molar-refractivity contribution in [2.75, 3.05) is 4.90 Å². The van der Waals surface area contributed by atoms with Crippen molar-refractivity contribution in [3.63, 3.8) is 0 Å². The summed E-state index contributed by atoms with van der Waals surface area (Å²) in [4.78, 5) is 11.3. The summed E-state index contributed by atoms with van der Waals surface area (Å²) in [5.41, 5.74) is 3.19. The van der Waals surface area contributed by atoms with E-state index in [9.17, 15) is 0 Å². The van der Waals surface area contributed by atoms with Crippen LogP contribution in [0.25, 0.3) is 21.8 Å². The van der Waals surface area contributed by atoms with Crippen molar-refractivity contribution in [2.45, 2.75) is 18.9 Å². The van der Waals surface area contributed by atoms with Crippen molar-refractivity contribution in [1.82, 2.24) is 20.2 Å². The molecule has 0 bridgehead atoms. The Bertz CT molecular complexity index is 997. The predicted octanol–water partition coefficient (Wildman–Crippen LogP) is 3.81. The Kier molecular flexibility index (Phi) is 2.61. The number of hydrogen-bond donors (Lipinski definition) is 1. The van der Waals surface area contributed by atoms with E-state index in [0.717, 1.165) is 33.3 Å². The van der Waals surface area contributed by atoms with Crippen LogP contribution in [-0.2, 0) is 0 Å². The molecule has 0 saturated heterocycles. The minimum absolute atomic E-state index is 0.512. The molecule has 2 aromatic carbocycles. The molecular formula is C18H15N5.